The number of Topliss-reactive ketones (excluding diaryl/α,β-unsaturated/α-hetero) is 1. The largest absolute Gasteiger partial charge is 0.497 e. The van der Waals surface area contributed by atoms with Gasteiger partial charge < -0.3 is 25.4 Å². The van der Waals surface area contributed by atoms with Crippen molar-refractivity contribution in [1.29, 1.82) is 0 Å². The SMILES string of the molecule is C=C/C(=C\C=C\CN)C(=O)Cc1ccncc1F.C=C/C=C\C=C\OCC(O)N1CCC(C(O)OC)CC1. The zero-order valence-corrected chi connectivity index (χ0v) is 22.0. The van der Waals surface area contributed by atoms with E-state index in [9.17, 15) is 19.4 Å². The van der Waals surface area contributed by atoms with Crippen molar-refractivity contribution in [3.05, 3.63) is 103 Å². The third-order valence-electron chi connectivity index (χ3n) is 5.72. The van der Waals surface area contributed by atoms with Crippen LogP contribution in [-0.4, -0.2) is 71.7 Å². The van der Waals surface area contributed by atoms with Gasteiger partial charge in [-0.25, -0.2) is 4.39 Å². The lowest BCUT2D eigenvalue weighted by atomic mass is 9.96. The minimum absolute atomic E-state index is 0.0112. The predicted octanol–water partition coefficient (Wildman–Crippen LogP) is 3.21. The first-order valence-corrected chi connectivity index (χ1v) is 12.4. The molecule has 38 heavy (non-hydrogen) atoms. The van der Waals surface area contributed by atoms with E-state index >= 15 is 0 Å². The standard InChI is InChI=1S/C15H25NO4.C14H15FN2O/c1-3-4-5-6-11-20-12-14(17)16-9-7-13(8-10-16)15(18)19-2;1-2-11(5-3-4-7-16)14(18)9-12-6-8-17-10-13(12)15/h3-6,11,13-15,17-18H,1,7-10,12H2,2H3;2-6,8,10H,1,7,9,16H2/b5-4-,11-6+;4-3+,11-5+. The lowest BCUT2D eigenvalue weighted by molar-refractivity contribution is -0.135. The second kappa shape index (κ2) is 19.8. The van der Waals surface area contributed by atoms with Gasteiger partial charge in [-0.1, -0.05) is 55.7 Å². The Bertz CT molecular complexity index is 969. The second-order valence-corrected chi connectivity index (χ2v) is 8.32. The maximum absolute atomic E-state index is 13.3. The van der Waals surface area contributed by atoms with Crippen molar-refractivity contribution in [2.45, 2.75) is 31.8 Å². The van der Waals surface area contributed by atoms with Crippen LogP contribution >= 0.6 is 0 Å². The molecule has 2 rings (SSSR count). The van der Waals surface area contributed by atoms with E-state index in [1.807, 2.05) is 4.90 Å². The van der Waals surface area contributed by atoms with Gasteiger partial charge in [-0.3, -0.25) is 14.7 Å². The van der Waals surface area contributed by atoms with E-state index in [4.69, 9.17) is 15.2 Å². The van der Waals surface area contributed by atoms with Gasteiger partial charge in [0.2, 0.25) is 0 Å². The highest BCUT2D eigenvalue weighted by molar-refractivity contribution is 5.99. The molecule has 0 aromatic carbocycles. The minimum Gasteiger partial charge on any atom is -0.497 e. The average Bonchev–Trinajstić information content (AvgIpc) is 2.94. The number of ether oxygens (including phenoxy) is 2. The van der Waals surface area contributed by atoms with Crippen molar-refractivity contribution < 1.29 is 28.9 Å². The Morgan fingerprint density at radius 2 is 2.00 bits per heavy atom. The van der Waals surface area contributed by atoms with Crippen LogP contribution in [0.5, 0.6) is 0 Å². The molecule has 0 radical (unpaired) electrons. The van der Waals surface area contributed by atoms with Gasteiger partial charge in [0, 0.05) is 50.9 Å². The van der Waals surface area contributed by atoms with Crippen LogP contribution in [-0.2, 0) is 20.7 Å². The summed E-state index contributed by atoms with van der Waals surface area (Å²) >= 11 is 0. The molecule has 1 aromatic rings. The number of carbonyl (C=O) groups excluding carboxylic acids is 1. The zero-order chi connectivity index (χ0) is 28.2. The lowest BCUT2D eigenvalue weighted by Gasteiger charge is -2.35. The molecule has 1 aliphatic rings. The highest BCUT2D eigenvalue weighted by atomic mass is 19.1. The second-order valence-electron chi connectivity index (χ2n) is 8.32. The third kappa shape index (κ3) is 12.8. The van der Waals surface area contributed by atoms with Crippen molar-refractivity contribution in [1.82, 2.24) is 9.88 Å². The van der Waals surface area contributed by atoms with Gasteiger partial charge in [0.05, 0.1) is 12.5 Å². The highest BCUT2D eigenvalue weighted by Crippen LogP contribution is 2.22. The molecular weight excluding hydrogens is 489 g/mol. The van der Waals surface area contributed by atoms with Crippen LogP contribution in [0, 0.1) is 11.7 Å². The molecule has 0 aliphatic carbocycles. The molecule has 0 spiro atoms. The Labute approximate surface area is 225 Å². The average molecular weight is 530 g/mol. The van der Waals surface area contributed by atoms with Crippen LogP contribution in [0.1, 0.15) is 18.4 Å². The van der Waals surface area contributed by atoms with Gasteiger partial charge in [0.15, 0.2) is 12.1 Å². The van der Waals surface area contributed by atoms with Gasteiger partial charge >= 0.3 is 0 Å². The Kier molecular flexibility index (Phi) is 17.1. The Balaban J connectivity index is 0.000000382. The van der Waals surface area contributed by atoms with Crippen LogP contribution in [0.3, 0.4) is 0 Å². The van der Waals surface area contributed by atoms with Gasteiger partial charge in [-0.15, -0.1) is 0 Å². The summed E-state index contributed by atoms with van der Waals surface area (Å²) in [5.41, 5.74) is 6.04. The number of hydrogen-bond donors (Lipinski definition) is 3. The van der Waals surface area contributed by atoms with Crippen LogP contribution in [0.25, 0.3) is 0 Å². The van der Waals surface area contributed by atoms with E-state index in [2.05, 4.69) is 18.1 Å². The number of nitrogens with two attached hydrogens (primary N) is 1. The molecule has 0 bridgehead atoms. The first-order chi connectivity index (χ1) is 18.4. The van der Waals surface area contributed by atoms with Gasteiger partial charge in [-0.05, 0) is 30.5 Å². The number of methoxy groups -OCH3 is 1. The number of aromatic nitrogens is 1. The smallest absolute Gasteiger partial charge is 0.167 e. The van der Waals surface area contributed by atoms with E-state index in [1.165, 1.54) is 25.4 Å². The van der Waals surface area contributed by atoms with E-state index in [0.717, 1.165) is 32.1 Å². The normalized spacial score (nSPS) is 16.8. The molecule has 9 heteroatoms. The molecule has 2 atom stereocenters. The number of hydrogen-bond acceptors (Lipinski definition) is 8. The summed E-state index contributed by atoms with van der Waals surface area (Å²) in [6, 6.07) is 1.49. The molecule has 1 aromatic heterocycles. The molecule has 4 N–H and O–H groups in total. The van der Waals surface area contributed by atoms with Crippen molar-refractivity contribution in [3.8, 4) is 0 Å². The first-order valence-electron chi connectivity index (χ1n) is 12.4. The number of aliphatic hydroxyl groups is 2. The van der Waals surface area contributed by atoms with Crippen LogP contribution < -0.4 is 5.73 Å². The fraction of sp³-hybridized carbons (Fsp3) is 0.379. The molecule has 0 saturated carbocycles. The van der Waals surface area contributed by atoms with Gasteiger partial charge in [-0.2, -0.15) is 0 Å². The highest BCUT2D eigenvalue weighted by Gasteiger charge is 2.28. The van der Waals surface area contributed by atoms with E-state index < -0.39 is 18.3 Å². The molecule has 0 amide bonds. The Hall–Kier alpha value is -3.21. The number of rotatable bonds is 14. The number of nitrogens with zero attached hydrogens (tertiary/aromatic N) is 2. The quantitative estimate of drug-likeness (QED) is 0.146. The topological polar surface area (TPSA) is 118 Å². The first kappa shape index (κ1) is 32.8. The van der Waals surface area contributed by atoms with Crippen molar-refractivity contribution >= 4 is 5.78 Å². The van der Waals surface area contributed by atoms with Gasteiger partial charge in [0.25, 0.3) is 0 Å². The zero-order valence-electron chi connectivity index (χ0n) is 22.0. The Morgan fingerprint density at radius 3 is 2.61 bits per heavy atom. The maximum Gasteiger partial charge on any atom is 0.167 e. The maximum atomic E-state index is 13.3. The molecule has 1 saturated heterocycles. The van der Waals surface area contributed by atoms with E-state index in [0.29, 0.717) is 17.7 Å². The van der Waals surface area contributed by atoms with Crippen LogP contribution in [0.4, 0.5) is 4.39 Å². The predicted molar refractivity (Wildman–Crippen MR) is 147 cm³/mol. The van der Waals surface area contributed by atoms with E-state index in [-0.39, 0.29) is 24.7 Å². The summed E-state index contributed by atoms with van der Waals surface area (Å²) in [5.74, 6) is -0.531. The molecule has 1 fully saturated rings. The number of piperidine rings is 1. The number of aliphatic hydroxyl groups excluding tert-OH is 2. The van der Waals surface area contributed by atoms with Crippen molar-refractivity contribution in [2.24, 2.45) is 11.7 Å². The van der Waals surface area contributed by atoms with Crippen LogP contribution in [0.15, 0.2) is 92.1 Å². The van der Waals surface area contributed by atoms with E-state index in [1.54, 1.807) is 48.8 Å². The monoisotopic (exact) mass is 529 g/mol. The van der Waals surface area contributed by atoms with Crippen molar-refractivity contribution in [2.75, 3.05) is 33.4 Å². The minimum atomic E-state index is -0.704. The molecule has 2 unspecified atom stereocenters. The fourth-order valence-corrected chi connectivity index (χ4v) is 3.53. The number of carbonyl (C=O) groups is 1. The summed E-state index contributed by atoms with van der Waals surface area (Å²) in [6.07, 6.45) is 17.8. The van der Waals surface area contributed by atoms with Crippen molar-refractivity contribution in [3.63, 3.8) is 0 Å². The summed E-state index contributed by atoms with van der Waals surface area (Å²) < 4.78 is 23.5. The van der Waals surface area contributed by atoms with Crippen LogP contribution in [0.2, 0.25) is 0 Å². The summed E-state index contributed by atoms with van der Waals surface area (Å²) in [4.78, 5) is 17.5. The molecule has 208 valence electrons. The fourth-order valence-electron chi connectivity index (χ4n) is 3.53. The summed E-state index contributed by atoms with van der Waals surface area (Å²) in [6.45, 7) is 9.21. The lowest BCUT2D eigenvalue weighted by Crippen LogP contribution is -2.45. The molecular formula is C29H40FN3O5. The summed E-state index contributed by atoms with van der Waals surface area (Å²) in [5, 5.41) is 19.6. The molecule has 8 nitrogen and oxygen atoms in total. The van der Waals surface area contributed by atoms with Gasteiger partial charge in [0.1, 0.15) is 18.7 Å². The summed E-state index contributed by atoms with van der Waals surface area (Å²) in [7, 11) is 1.51. The number of ketones is 1. The number of pyridine rings is 1. The number of halogens is 1. The Morgan fingerprint density at radius 1 is 1.26 bits per heavy atom. The molecule has 2 heterocycles. The third-order valence-corrected chi connectivity index (χ3v) is 5.72. The number of allylic oxidation sites excluding steroid dienone is 8. The number of likely N-dealkylation sites (tertiary alicyclic amines) is 1. The molecule has 1 aliphatic heterocycles.